The third-order valence-corrected chi connectivity index (χ3v) is 4.25. The Balaban J connectivity index is 1.76. The van der Waals surface area contributed by atoms with Crippen molar-refractivity contribution in [2.24, 2.45) is 0 Å². The highest BCUT2D eigenvalue weighted by Gasteiger charge is 2.16. The van der Waals surface area contributed by atoms with Gasteiger partial charge in [0, 0.05) is 35.9 Å². The monoisotopic (exact) mass is 357 g/mol. The van der Waals surface area contributed by atoms with E-state index in [1.54, 1.807) is 42.2 Å². The van der Waals surface area contributed by atoms with Crippen LogP contribution in [0.3, 0.4) is 0 Å². The van der Waals surface area contributed by atoms with Gasteiger partial charge in [-0.3, -0.25) is 4.79 Å². The number of hydrogen-bond donors (Lipinski definition) is 0. The van der Waals surface area contributed by atoms with Crippen LogP contribution in [0.2, 0.25) is 5.02 Å². The number of amides is 1. The molecule has 0 bridgehead atoms. The second kappa shape index (κ2) is 7.07. The lowest BCUT2D eigenvalue weighted by Gasteiger charge is -2.18. The SMILES string of the molecule is Cc1cnn(-c2ccc(C(=O)N(C)Cc3c(F)cccc3Cl)cc2)c1. The second-order valence-electron chi connectivity index (χ2n) is 5.87. The lowest BCUT2D eigenvalue weighted by molar-refractivity contribution is 0.0784. The summed E-state index contributed by atoms with van der Waals surface area (Å²) in [6.07, 6.45) is 3.67. The molecule has 128 valence electrons. The molecule has 6 heteroatoms. The Labute approximate surface area is 150 Å². The number of hydrogen-bond acceptors (Lipinski definition) is 2. The Morgan fingerprint density at radius 1 is 1.24 bits per heavy atom. The summed E-state index contributed by atoms with van der Waals surface area (Å²) in [6, 6.07) is 11.6. The highest BCUT2D eigenvalue weighted by molar-refractivity contribution is 6.31. The summed E-state index contributed by atoms with van der Waals surface area (Å²) in [5.74, 6) is -0.626. The van der Waals surface area contributed by atoms with Crippen LogP contribution in [0.15, 0.2) is 54.9 Å². The lowest BCUT2D eigenvalue weighted by Crippen LogP contribution is -2.26. The van der Waals surface area contributed by atoms with Crippen molar-refractivity contribution in [3.63, 3.8) is 0 Å². The maximum Gasteiger partial charge on any atom is 0.253 e. The third kappa shape index (κ3) is 3.72. The van der Waals surface area contributed by atoms with Crippen molar-refractivity contribution in [3.05, 3.63) is 82.4 Å². The van der Waals surface area contributed by atoms with Gasteiger partial charge >= 0.3 is 0 Å². The molecule has 0 fully saturated rings. The van der Waals surface area contributed by atoms with Crippen molar-refractivity contribution in [2.75, 3.05) is 7.05 Å². The first-order chi connectivity index (χ1) is 12.0. The summed E-state index contributed by atoms with van der Waals surface area (Å²) in [5, 5.41) is 4.55. The van der Waals surface area contributed by atoms with Gasteiger partial charge in [-0.1, -0.05) is 17.7 Å². The number of nitrogens with zero attached hydrogens (tertiary/aromatic N) is 3. The molecule has 0 atom stereocenters. The Morgan fingerprint density at radius 2 is 1.96 bits per heavy atom. The molecule has 1 amide bonds. The number of halogens is 2. The zero-order chi connectivity index (χ0) is 18.0. The van der Waals surface area contributed by atoms with E-state index in [2.05, 4.69) is 5.10 Å². The normalized spacial score (nSPS) is 10.7. The molecule has 4 nitrogen and oxygen atoms in total. The lowest BCUT2D eigenvalue weighted by atomic mass is 10.1. The Kier molecular flexibility index (Phi) is 4.86. The predicted molar refractivity (Wildman–Crippen MR) is 95.5 cm³/mol. The van der Waals surface area contributed by atoms with Crippen LogP contribution in [0.1, 0.15) is 21.5 Å². The summed E-state index contributed by atoms with van der Waals surface area (Å²) in [7, 11) is 1.62. The molecule has 0 N–H and O–H groups in total. The molecule has 2 aromatic carbocycles. The molecule has 25 heavy (non-hydrogen) atoms. The van der Waals surface area contributed by atoms with Crippen LogP contribution < -0.4 is 0 Å². The molecule has 0 saturated carbocycles. The summed E-state index contributed by atoms with van der Waals surface area (Å²) in [6.45, 7) is 2.06. The Morgan fingerprint density at radius 3 is 2.56 bits per heavy atom. The molecule has 0 unspecified atom stereocenters. The van der Waals surface area contributed by atoms with Crippen molar-refractivity contribution in [1.29, 1.82) is 0 Å². The van der Waals surface area contributed by atoms with Crippen LogP contribution in [0.4, 0.5) is 4.39 Å². The first kappa shape index (κ1) is 17.2. The zero-order valence-corrected chi connectivity index (χ0v) is 14.7. The molecular weight excluding hydrogens is 341 g/mol. The number of rotatable bonds is 4. The van der Waals surface area contributed by atoms with E-state index >= 15 is 0 Å². The molecule has 3 rings (SSSR count). The highest BCUT2D eigenvalue weighted by Crippen LogP contribution is 2.21. The predicted octanol–water partition coefficient (Wildman–Crippen LogP) is 4.25. The summed E-state index contributed by atoms with van der Waals surface area (Å²) in [5.41, 5.74) is 2.75. The van der Waals surface area contributed by atoms with E-state index in [9.17, 15) is 9.18 Å². The fourth-order valence-corrected chi connectivity index (χ4v) is 2.75. The zero-order valence-electron chi connectivity index (χ0n) is 13.9. The van der Waals surface area contributed by atoms with Crippen LogP contribution in [-0.4, -0.2) is 27.6 Å². The van der Waals surface area contributed by atoms with E-state index < -0.39 is 5.82 Å². The van der Waals surface area contributed by atoms with E-state index in [-0.39, 0.29) is 12.5 Å². The van der Waals surface area contributed by atoms with Gasteiger partial charge in [-0.05, 0) is 48.9 Å². The van der Waals surface area contributed by atoms with Gasteiger partial charge in [-0.15, -0.1) is 0 Å². The number of aromatic nitrogens is 2. The van der Waals surface area contributed by atoms with Crippen molar-refractivity contribution in [3.8, 4) is 5.69 Å². The quantitative estimate of drug-likeness (QED) is 0.700. The minimum absolute atomic E-state index is 0.102. The van der Waals surface area contributed by atoms with Gasteiger partial charge in [-0.25, -0.2) is 9.07 Å². The molecule has 0 spiro atoms. The van der Waals surface area contributed by atoms with E-state index in [1.807, 2.05) is 25.3 Å². The summed E-state index contributed by atoms with van der Waals surface area (Å²) in [4.78, 5) is 14.0. The molecule has 3 aromatic rings. The third-order valence-electron chi connectivity index (χ3n) is 3.89. The van der Waals surface area contributed by atoms with Crippen molar-refractivity contribution < 1.29 is 9.18 Å². The summed E-state index contributed by atoms with van der Waals surface area (Å²) < 4.78 is 15.6. The average molecular weight is 358 g/mol. The molecule has 0 aliphatic heterocycles. The number of carbonyl (C=O) groups excluding carboxylic acids is 1. The topological polar surface area (TPSA) is 38.1 Å². The minimum Gasteiger partial charge on any atom is -0.337 e. The maximum atomic E-state index is 13.9. The van der Waals surface area contributed by atoms with E-state index in [4.69, 9.17) is 11.6 Å². The standard InChI is InChI=1S/C19H17ClFN3O/c1-13-10-22-24(11-13)15-8-6-14(7-9-15)19(25)23(2)12-16-17(20)4-3-5-18(16)21/h3-11H,12H2,1-2H3. The highest BCUT2D eigenvalue weighted by atomic mass is 35.5. The molecule has 0 aliphatic carbocycles. The first-order valence-corrected chi connectivity index (χ1v) is 8.13. The van der Waals surface area contributed by atoms with Gasteiger partial charge in [0.15, 0.2) is 0 Å². The average Bonchev–Trinajstić information content (AvgIpc) is 3.04. The van der Waals surface area contributed by atoms with E-state index in [1.165, 1.54) is 11.0 Å². The van der Waals surface area contributed by atoms with Crippen LogP contribution in [0, 0.1) is 12.7 Å². The van der Waals surface area contributed by atoms with Gasteiger partial charge in [-0.2, -0.15) is 5.10 Å². The van der Waals surface area contributed by atoms with Crippen LogP contribution in [0.5, 0.6) is 0 Å². The molecule has 0 aliphatic rings. The number of carbonyl (C=O) groups is 1. The number of benzene rings is 2. The molecule has 1 heterocycles. The van der Waals surface area contributed by atoms with Crippen molar-refractivity contribution in [2.45, 2.75) is 13.5 Å². The Bertz CT molecular complexity index is 885. The first-order valence-electron chi connectivity index (χ1n) is 7.76. The number of aryl methyl sites for hydroxylation is 1. The maximum absolute atomic E-state index is 13.9. The Hall–Kier alpha value is -2.66. The van der Waals surface area contributed by atoms with Gasteiger partial charge < -0.3 is 4.90 Å². The summed E-state index contributed by atoms with van der Waals surface area (Å²) >= 11 is 6.03. The van der Waals surface area contributed by atoms with E-state index in [0.29, 0.717) is 16.1 Å². The van der Waals surface area contributed by atoms with Gasteiger partial charge in [0.2, 0.25) is 0 Å². The van der Waals surface area contributed by atoms with Crippen LogP contribution >= 0.6 is 11.6 Å². The smallest absolute Gasteiger partial charge is 0.253 e. The largest absolute Gasteiger partial charge is 0.337 e. The molecular formula is C19H17ClFN3O. The fraction of sp³-hybridized carbons (Fsp3) is 0.158. The minimum atomic E-state index is -0.420. The van der Waals surface area contributed by atoms with Crippen LogP contribution in [-0.2, 0) is 6.54 Å². The molecule has 1 aromatic heterocycles. The van der Waals surface area contributed by atoms with Gasteiger partial charge in [0.25, 0.3) is 5.91 Å². The molecule has 0 saturated heterocycles. The second-order valence-corrected chi connectivity index (χ2v) is 6.28. The fourth-order valence-electron chi connectivity index (χ4n) is 2.52. The van der Waals surface area contributed by atoms with Crippen LogP contribution in [0.25, 0.3) is 5.69 Å². The van der Waals surface area contributed by atoms with Crippen molar-refractivity contribution in [1.82, 2.24) is 14.7 Å². The van der Waals surface area contributed by atoms with Gasteiger partial charge in [0.1, 0.15) is 5.82 Å². The van der Waals surface area contributed by atoms with E-state index in [0.717, 1.165) is 11.3 Å². The van der Waals surface area contributed by atoms with Gasteiger partial charge in [0.05, 0.1) is 11.9 Å². The molecule has 0 radical (unpaired) electrons. The van der Waals surface area contributed by atoms with Crippen molar-refractivity contribution >= 4 is 17.5 Å².